The summed E-state index contributed by atoms with van der Waals surface area (Å²) >= 11 is 0. The Bertz CT molecular complexity index is 432. The molecular formula is C12H12F2O4. The van der Waals surface area contributed by atoms with E-state index in [1.165, 1.54) is 12.1 Å². The number of ether oxygens (including phenoxy) is 2. The van der Waals surface area contributed by atoms with E-state index in [0.717, 1.165) is 13.4 Å². The van der Waals surface area contributed by atoms with Crippen molar-refractivity contribution in [3.05, 3.63) is 29.3 Å². The summed E-state index contributed by atoms with van der Waals surface area (Å²) in [5, 5.41) is 0. The second kappa shape index (κ2) is 6.68. The minimum atomic E-state index is -3.03. The van der Waals surface area contributed by atoms with E-state index in [0.29, 0.717) is 12.0 Å². The van der Waals surface area contributed by atoms with Crippen LogP contribution < -0.4 is 4.74 Å². The van der Waals surface area contributed by atoms with Crippen molar-refractivity contribution < 1.29 is 27.8 Å². The Balaban J connectivity index is 3.03. The molecule has 4 nitrogen and oxygen atoms in total. The van der Waals surface area contributed by atoms with Crippen LogP contribution in [0.4, 0.5) is 8.78 Å². The molecule has 0 heterocycles. The van der Waals surface area contributed by atoms with Crippen LogP contribution in [0.15, 0.2) is 18.2 Å². The van der Waals surface area contributed by atoms with Crippen LogP contribution in [0, 0.1) is 0 Å². The van der Waals surface area contributed by atoms with Crippen LogP contribution >= 0.6 is 0 Å². The molecule has 0 saturated heterocycles. The summed E-state index contributed by atoms with van der Waals surface area (Å²) < 4.78 is 33.2. The summed E-state index contributed by atoms with van der Waals surface area (Å²) in [5.74, 6) is -1.01. The van der Waals surface area contributed by atoms with Crippen molar-refractivity contribution in [1.82, 2.24) is 0 Å². The van der Waals surface area contributed by atoms with Gasteiger partial charge in [0.25, 0.3) is 0 Å². The van der Waals surface area contributed by atoms with E-state index in [4.69, 9.17) is 0 Å². The van der Waals surface area contributed by atoms with E-state index in [1.807, 2.05) is 0 Å². The second-order valence-electron chi connectivity index (χ2n) is 3.41. The molecule has 0 unspecified atom stereocenters. The number of carbonyl (C=O) groups excluding carboxylic acids is 2. The maximum absolute atomic E-state index is 12.2. The molecule has 18 heavy (non-hydrogen) atoms. The fraction of sp³-hybridized carbons (Fsp3) is 0.333. The molecule has 0 atom stereocenters. The van der Waals surface area contributed by atoms with Crippen LogP contribution in [0.5, 0.6) is 5.75 Å². The molecule has 1 aromatic carbocycles. The molecule has 0 spiro atoms. The lowest BCUT2D eigenvalue weighted by Crippen LogP contribution is -2.09. The third-order valence-corrected chi connectivity index (χ3v) is 2.22. The maximum atomic E-state index is 12.2. The van der Waals surface area contributed by atoms with Crippen molar-refractivity contribution in [2.45, 2.75) is 19.5 Å². The van der Waals surface area contributed by atoms with Gasteiger partial charge >= 0.3 is 12.6 Å². The average molecular weight is 258 g/mol. The number of carbonyl (C=O) groups is 2. The first-order chi connectivity index (χ1) is 8.58. The first kappa shape index (κ1) is 14.1. The van der Waals surface area contributed by atoms with E-state index in [-0.39, 0.29) is 17.7 Å². The predicted octanol–water partition coefficient (Wildman–Crippen LogP) is 2.21. The minimum absolute atomic E-state index is 0.0762. The number of hydrogen-bond acceptors (Lipinski definition) is 4. The number of benzene rings is 1. The molecule has 0 saturated carbocycles. The Morgan fingerprint density at radius 2 is 2.17 bits per heavy atom. The van der Waals surface area contributed by atoms with Crippen LogP contribution in [0.3, 0.4) is 0 Å². The van der Waals surface area contributed by atoms with Crippen LogP contribution in [-0.2, 0) is 16.0 Å². The number of rotatable bonds is 6. The van der Waals surface area contributed by atoms with Crippen molar-refractivity contribution in [1.29, 1.82) is 0 Å². The summed E-state index contributed by atoms with van der Waals surface area (Å²) in [6.45, 7) is -3.03. The monoisotopic (exact) mass is 258 g/mol. The number of esters is 1. The lowest BCUT2D eigenvalue weighted by Gasteiger charge is -2.10. The zero-order chi connectivity index (χ0) is 13.5. The van der Waals surface area contributed by atoms with Gasteiger partial charge in [-0.05, 0) is 24.1 Å². The first-order valence-corrected chi connectivity index (χ1v) is 5.18. The largest absolute Gasteiger partial charge is 0.465 e. The molecule has 0 radical (unpaired) electrons. The molecule has 0 fully saturated rings. The molecule has 1 aromatic rings. The Labute approximate surface area is 103 Å². The molecule has 1 rings (SSSR count). The van der Waals surface area contributed by atoms with E-state index < -0.39 is 12.6 Å². The fourth-order valence-electron chi connectivity index (χ4n) is 1.42. The van der Waals surface area contributed by atoms with Gasteiger partial charge in [-0.15, -0.1) is 0 Å². The smallest absolute Gasteiger partial charge is 0.387 e. The summed E-state index contributed by atoms with van der Waals surface area (Å²) in [5.41, 5.74) is 0.554. The van der Waals surface area contributed by atoms with Gasteiger partial charge in [-0.1, -0.05) is 6.07 Å². The molecule has 0 aromatic heterocycles. The third-order valence-electron chi connectivity index (χ3n) is 2.22. The van der Waals surface area contributed by atoms with Crippen molar-refractivity contribution in [2.75, 3.05) is 7.11 Å². The number of aldehydes is 1. The Hall–Kier alpha value is -1.98. The predicted molar refractivity (Wildman–Crippen MR) is 58.8 cm³/mol. The number of alkyl halides is 2. The molecule has 0 aliphatic rings. The second-order valence-corrected chi connectivity index (χ2v) is 3.41. The van der Waals surface area contributed by atoms with Crippen molar-refractivity contribution in [3.63, 3.8) is 0 Å². The highest BCUT2D eigenvalue weighted by Crippen LogP contribution is 2.24. The number of halogens is 2. The molecule has 6 heteroatoms. The van der Waals surface area contributed by atoms with Gasteiger partial charge < -0.3 is 14.3 Å². The average Bonchev–Trinajstić information content (AvgIpc) is 2.35. The SMILES string of the molecule is COC(=O)c1ccc(CCC=O)cc1OC(F)F. The zero-order valence-corrected chi connectivity index (χ0v) is 9.69. The third kappa shape index (κ3) is 3.80. The summed E-state index contributed by atoms with van der Waals surface area (Å²) in [4.78, 5) is 21.6. The molecular weight excluding hydrogens is 246 g/mol. The number of hydrogen-bond donors (Lipinski definition) is 0. The van der Waals surface area contributed by atoms with Crippen LogP contribution in [0.1, 0.15) is 22.3 Å². The van der Waals surface area contributed by atoms with E-state index in [2.05, 4.69) is 9.47 Å². The Morgan fingerprint density at radius 1 is 1.44 bits per heavy atom. The standard InChI is InChI=1S/C12H12F2O4/c1-17-11(16)9-5-4-8(3-2-6-15)7-10(9)18-12(13)14/h4-7,12H,2-3H2,1H3. The van der Waals surface area contributed by atoms with Gasteiger partial charge in [0, 0.05) is 6.42 Å². The van der Waals surface area contributed by atoms with E-state index >= 15 is 0 Å². The summed E-state index contributed by atoms with van der Waals surface area (Å²) in [6.07, 6.45) is 1.39. The fourth-order valence-corrected chi connectivity index (χ4v) is 1.42. The molecule has 0 aliphatic carbocycles. The lowest BCUT2D eigenvalue weighted by atomic mass is 10.1. The van der Waals surface area contributed by atoms with Crippen molar-refractivity contribution >= 4 is 12.3 Å². The molecule has 0 amide bonds. The normalized spacial score (nSPS) is 10.2. The van der Waals surface area contributed by atoms with E-state index in [9.17, 15) is 18.4 Å². The summed E-state index contributed by atoms with van der Waals surface area (Å²) in [7, 11) is 1.15. The van der Waals surface area contributed by atoms with Gasteiger partial charge in [0.2, 0.25) is 0 Å². The molecule has 0 N–H and O–H groups in total. The first-order valence-electron chi connectivity index (χ1n) is 5.18. The molecule has 98 valence electrons. The van der Waals surface area contributed by atoms with Crippen LogP contribution in [0.2, 0.25) is 0 Å². The van der Waals surface area contributed by atoms with E-state index in [1.54, 1.807) is 6.07 Å². The quantitative estimate of drug-likeness (QED) is 0.580. The Kier molecular flexibility index (Phi) is 5.23. The highest BCUT2D eigenvalue weighted by atomic mass is 19.3. The lowest BCUT2D eigenvalue weighted by molar-refractivity contribution is -0.107. The van der Waals surface area contributed by atoms with Crippen molar-refractivity contribution in [2.24, 2.45) is 0 Å². The Morgan fingerprint density at radius 3 is 2.72 bits per heavy atom. The molecule has 0 aliphatic heterocycles. The topological polar surface area (TPSA) is 52.6 Å². The minimum Gasteiger partial charge on any atom is -0.465 e. The molecule has 0 bridgehead atoms. The number of methoxy groups -OCH3 is 1. The van der Waals surface area contributed by atoms with Gasteiger partial charge in [0.1, 0.15) is 17.6 Å². The highest BCUT2D eigenvalue weighted by Gasteiger charge is 2.16. The van der Waals surface area contributed by atoms with Gasteiger partial charge in [0.15, 0.2) is 0 Å². The van der Waals surface area contributed by atoms with Crippen LogP contribution in [-0.4, -0.2) is 26.0 Å². The van der Waals surface area contributed by atoms with Gasteiger partial charge in [0.05, 0.1) is 7.11 Å². The zero-order valence-electron chi connectivity index (χ0n) is 9.69. The van der Waals surface area contributed by atoms with Gasteiger partial charge in [-0.3, -0.25) is 0 Å². The van der Waals surface area contributed by atoms with Gasteiger partial charge in [-0.2, -0.15) is 8.78 Å². The van der Waals surface area contributed by atoms with Crippen molar-refractivity contribution in [3.8, 4) is 5.75 Å². The highest BCUT2D eigenvalue weighted by molar-refractivity contribution is 5.92. The van der Waals surface area contributed by atoms with Crippen LogP contribution in [0.25, 0.3) is 0 Å². The number of aryl methyl sites for hydroxylation is 1. The summed E-state index contributed by atoms with van der Waals surface area (Å²) in [6, 6.07) is 4.21. The maximum Gasteiger partial charge on any atom is 0.387 e. The van der Waals surface area contributed by atoms with Gasteiger partial charge in [-0.25, -0.2) is 4.79 Å².